The van der Waals surface area contributed by atoms with Gasteiger partial charge < -0.3 is 14.8 Å². The number of carbonyl (C=O) groups excluding carboxylic acids is 2. The molecular weight excluding hydrogens is 218 g/mol. The fourth-order valence-corrected chi connectivity index (χ4v) is 1.91. The van der Waals surface area contributed by atoms with Gasteiger partial charge in [0.15, 0.2) is 5.78 Å². The van der Waals surface area contributed by atoms with Crippen LogP contribution in [0.5, 0.6) is 0 Å². The van der Waals surface area contributed by atoms with Gasteiger partial charge in [0.05, 0.1) is 5.69 Å². The average Bonchev–Trinajstić information content (AvgIpc) is 2.78. The maximum absolute atomic E-state index is 12.1. The third kappa shape index (κ3) is 2.55. The van der Waals surface area contributed by atoms with Crippen LogP contribution in [-0.4, -0.2) is 59.7 Å². The van der Waals surface area contributed by atoms with Gasteiger partial charge in [-0.1, -0.05) is 0 Å². The van der Waals surface area contributed by atoms with Gasteiger partial charge in [0.1, 0.15) is 5.69 Å². The Morgan fingerprint density at radius 1 is 1.12 bits per heavy atom. The summed E-state index contributed by atoms with van der Waals surface area (Å²) in [6.07, 6.45) is 0. The van der Waals surface area contributed by atoms with E-state index in [9.17, 15) is 9.59 Å². The Labute approximate surface area is 100 Å². The molecule has 2 rings (SSSR count). The van der Waals surface area contributed by atoms with Crippen molar-refractivity contribution in [1.29, 1.82) is 0 Å². The summed E-state index contributed by atoms with van der Waals surface area (Å²) in [5.41, 5.74) is 0.988. The first-order valence-electron chi connectivity index (χ1n) is 5.75. The van der Waals surface area contributed by atoms with E-state index in [4.69, 9.17) is 0 Å². The molecule has 1 aliphatic heterocycles. The van der Waals surface area contributed by atoms with Crippen molar-refractivity contribution in [2.45, 2.75) is 6.92 Å². The number of carbonyl (C=O) groups is 2. The van der Waals surface area contributed by atoms with E-state index in [2.05, 4.69) is 9.88 Å². The van der Waals surface area contributed by atoms with E-state index in [-0.39, 0.29) is 11.7 Å². The lowest BCUT2D eigenvalue weighted by Crippen LogP contribution is -2.47. The molecule has 5 heteroatoms. The number of likely N-dealkylation sites (N-methyl/N-ethyl adjacent to an activating group) is 1. The molecule has 0 radical (unpaired) electrons. The summed E-state index contributed by atoms with van der Waals surface area (Å²) >= 11 is 0. The lowest BCUT2D eigenvalue weighted by molar-refractivity contribution is 0.0659. The molecule has 1 aromatic rings. The van der Waals surface area contributed by atoms with Crippen LogP contribution >= 0.6 is 0 Å². The third-order valence-corrected chi connectivity index (χ3v) is 3.09. The van der Waals surface area contributed by atoms with Crippen LogP contribution in [0, 0.1) is 0 Å². The highest BCUT2D eigenvalue weighted by molar-refractivity contribution is 5.97. The number of hydrogen-bond donors (Lipinski definition) is 1. The summed E-state index contributed by atoms with van der Waals surface area (Å²) in [7, 11) is 2.05. The fourth-order valence-electron chi connectivity index (χ4n) is 1.91. The molecule has 0 aliphatic carbocycles. The summed E-state index contributed by atoms with van der Waals surface area (Å²) in [6.45, 7) is 4.75. The van der Waals surface area contributed by atoms with Crippen LogP contribution in [-0.2, 0) is 0 Å². The lowest BCUT2D eigenvalue weighted by Gasteiger charge is -2.32. The number of hydrogen-bond acceptors (Lipinski definition) is 3. The molecule has 1 saturated heterocycles. The van der Waals surface area contributed by atoms with Crippen molar-refractivity contribution in [3.8, 4) is 0 Å². The van der Waals surface area contributed by atoms with Crippen LogP contribution in [0.2, 0.25) is 0 Å². The molecule has 0 spiro atoms. The van der Waals surface area contributed by atoms with Gasteiger partial charge in [-0.3, -0.25) is 9.59 Å². The van der Waals surface area contributed by atoms with Crippen molar-refractivity contribution >= 4 is 11.7 Å². The second kappa shape index (κ2) is 4.71. The smallest absolute Gasteiger partial charge is 0.270 e. The zero-order valence-electron chi connectivity index (χ0n) is 10.2. The standard InChI is InChI=1S/C12H17N3O2/c1-9(16)10-3-4-11(13-10)12(17)15-7-5-14(2)6-8-15/h3-4,13H,5-8H2,1-2H3. The highest BCUT2D eigenvalue weighted by atomic mass is 16.2. The van der Waals surface area contributed by atoms with Gasteiger partial charge >= 0.3 is 0 Å². The predicted molar refractivity (Wildman–Crippen MR) is 64.2 cm³/mol. The molecule has 1 aromatic heterocycles. The molecule has 1 aliphatic rings. The number of amides is 1. The Kier molecular flexibility index (Phi) is 3.28. The summed E-state index contributed by atoms with van der Waals surface area (Å²) < 4.78 is 0. The van der Waals surface area contributed by atoms with Gasteiger partial charge in [0.25, 0.3) is 5.91 Å². The molecule has 2 heterocycles. The van der Waals surface area contributed by atoms with Crippen LogP contribution in [0.15, 0.2) is 12.1 Å². The van der Waals surface area contributed by atoms with Crippen molar-refractivity contribution in [3.63, 3.8) is 0 Å². The maximum atomic E-state index is 12.1. The minimum absolute atomic E-state index is 0.0226. The molecule has 92 valence electrons. The minimum atomic E-state index is -0.0533. The number of ketones is 1. The monoisotopic (exact) mass is 235 g/mol. The SMILES string of the molecule is CC(=O)c1ccc(C(=O)N2CCN(C)CC2)[nH]1. The van der Waals surface area contributed by atoms with Crippen molar-refractivity contribution in [1.82, 2.24) is 14.8 Å². The van der Waals surface area contributed by atoms with E-state index in [0.717, 1.165) is 26.2 Å². The number of Topliss-reactive ketones (excluding diaryl/α,β-unsaturated/α-hetero) is 1. The first-order chi connectivity index (χ1) is 8.08. The lowest BCUT2D eigenvalue weighted by atomic mass is 10.3. The number of aromatic nitrogens is 1. The van der Waals surface area contributed by atoms with Crippen molar-refractivity contribution in [2.75, 3.05) is 33.2 Å². The zero-order chi connectivity index (χ0) is 12.4. The van der Waals surface area contributed by atoms with E-state index in [0.29, 0.717) is 11.4 Å². The molecule has 17 heavy (non-hydrogen) atoms. The van der Waals surface area contributed by atoms with Gasteiger partial charge in [0.2, 0.25) is 0 Å². The molecule has 0 unspecified atom stereocenters. The van der Waals surface area contributed by atoms with E-state index in [1.807, 2.05) is 11.9 Å². The van der Waals surface area contributed by atoms with E-state index < -0.39 is 0 Å². The third-order valence-electron chi connectivity index (χ3n) is 3.09. The average molecular weight is 235 g/mol. The molecule has 0 bridgehead atoms. The molecule has 0 saturated carbocycles. The number of piperazine rings is 1. The number of aromatic amines is 1. The molecule has 1 fully saturated rings. The molecular formula is C12H17N3O2. The highest BCUT2D eigenvalue weighted by Gasteiger charge is 2.21. The normalized spacial score (nSPS) is 17.2. The molecule has 1 amide bonds. The van der Waals surface area contributed by atoms with Gasteiger partial charge in [-0.05, 0) is 19.2 Å². The van der Waals surface area contributed by atoms with Crippen LogP contribution in [0.1, 0.15) is 27.9 Å². The summed E-state index contributed by atoms with van der Waals surface area (Å²) in [4.78, 5) is 30.1. The largest absolute Gasteiger partial charge is 0.348 e. The number of nitrogens with zero attached hydrogens (tertiary/aromatic N) is 2. The first kappa shape index (κ1) is 11.9. The highest BCUT2D eigenvalue weighted by Crippen LogP contribution is 2.08. The Morgan fingerprint density at radius 3 is 2.24 bits per heavy atom. The van der Waals surface area contributed by atoms with E-state index >= 15 is 0 Å². The quantitative estimate of drug-likeness (QED) is 0.764. The Balaban J connectivity index is 2.06. The second-order valence-electron chi connectivity index (χ2n) is 4.44. The number of rotatable bonds is 2. The van der Waals surface area contributed by atoms with Crippen molar-refractivity contribution in [2.24, 2.45) is 0 Å². The first-order valence-corrected chi connectivity index (χ1v) is 5.75. The zero-order valence-corrected chi connectivity index (χ0v) is 10.2. The van der Waals surface area contributed by atoms with Gasteiger partial charge in [-0.15, -0.1) is 0 Å². The van der Waals surface area contributed by atoms with Crippen LogP contribution in [0.3, 0.4) is 0 Å². The van der Waals surface area contributed by atoms with E-state index in [1.54, 1.807) is 12.1 Å². The van der Waals surface area contributed by atoms with Crippen LogP contribution < -0.4 is 0 Å². The fraction of sp³-hybridized carbons (Fsp3) is 0.500. The van der Waals surface area contributed by atoms with Crippen molar-refractivity contribution in [3.05, 3.63) is 23.5 Å². The van der Waals surface area contributed by atoms with Gasteiger partial charge in [0, 0.05) is 33.1 Å². The van der Waals surface area contributed by atoms with Crippen LogP contribution in [0.4, 0.5) is 0 Å². The van der Waals surface area contributed by atoms with Gasteiger partial charge in [-0.2, -0.15) is 0 Å². The minimum Gasteiger partial charge on any atom is -0.348 e. The molecule has 5 nitrogen and oxygen atoms in total. The second-order valence-corrected chi connectivity index (χ2v) is 4.44. The number of nitrogens with one attached hydrogen (secondary N) is 1. The van der Waals surface area contributed by atoms with E-state index in [1.165, 1.54) is 6.92 Å². The maximum Gasteiger partial charge on any atom is 0.270 e. The molecule has 0 aromatic carbocycles. The Bertz CT molecular complexity index is 431. The summed E-state index contributed by atoms with van der Waals surface area (Å²) in [5.74, 6) is -0.0759. The predicted octanol–water partition coefficient (Wildman–Crippen LogP) is 0.605. The van der Waals surface area contributed by atoms with Gasteiger partial charge in [-0.25, -0.2) is 0 Å². The molecule has 0 atom stereocenters. The van der Waals surface area contributed by atoms with Crippen LogP contribution in [0.25, 0.3) is 0 Å². The summed E-state index contributed by atoms with van der Waals surface area (Å²) in [5, 5.41) is 0. The summed E-state index contributed by atoms with van der Waals surface area (Å²) in [6, 6.07) is 3.34. The van der Waals surface area contributed by atoms with Crippen molar-refractivity contribution < 1.29 is 9.59 Å². The Morgan fingerprint density at radius 2 is 1.71 bits per heavy atom. The molecule has 1 N–H and O–H groups in total. The topological polar surface area (TPSA) is 56.4 Å². The Hall–Kier alpha value is -1.62. The number of H-pyrrole nitrogens is 1.